The molecule has 1 amide bonds. The molecule has 5 heteroatoms. The minimum absolute atomic E-state index is 0.0643. The van der Waals surface area contributed by atoms with E-state index in [0.29, 0.717) is 12.0 Å². The zero-order valence-electron chi connectivity index (χ0n) is 16.4. The van der Waals surface area contributed by atoms with Gasteiger partial charge in [0.1, 0.15) is 0 Å². The van der Waals surface area contributed by atoms with E-state index in [1.807, 2.05) is 29.3 Å². The molecule has 2 N–H and O–H groups in total. The third-order valence-corrected chi connectivity index (χ3v) is 6.24. The summed E-state index contributed by atoms with van der Waals surface area (Å²) in [7, 11) is 0. The van der Waals surface area contributed by atoms with Crippen LogP contribution < -0.4 is 10.6 Å². The number of amides is 1. The average Bonchev–Trinajstić information content (AvgIpc) is 3.16. The summed E-state index contributed by atoms with van der Waals surface area (Å²) in [5.41, 5.74) is 2.64. The van der Waals surface area contributed by atoms with Crippen LogP contribution in [0.15, 0.2) is 54.9 Å². The lowest BCUT2D eigenvalue weighted by Crippen LogP contribution is -2.44. The lowest BCUT2D eigenvalue weighted by atomic mass is 9.77. The number of hydrogen-bond acceptors (Lipinski definition) is 4. The molecule has 0 saturated carbocycles. The molecule has 1 aromatic carbocycles. The Labute approximate surface area is 167 Å². The highest BCUT2D eigenvalue weighted by molar-refractivity contribution is 5.82. The molecule has 5 nitrogen and oxygen atoms in total. The molecule has 1 spiro atoms. The normalized spacial score (nSPS) is 20.9. The van der Waals surface area contributed by atoms with Gasteiger partial charge in [-0.3, -0.25) is 9.78 Å². The number of carbonyl (C=O) groups excluding carboxylic acids is 1. The summed E-state index contributed by atoms with van der Waals surface area (Å²) < 4.78 is 0. The number of carbonyl (C=O) groups is 1. The molecule has 3 heterocycles. The standard InChI is InChI=1S/C23H30N4O/c28-22(21-15-23(18-26-21)9-12-24-13-10-23)27(17-20-7-4-11-25-16-20)14-8-19-5-2-1-3-6-19/h1-7,11,16,21,24,26H,8-10,12-15,17-18H2/t21-/m1/s1. The fraction of sp³-hybridized carbons (Fsp3) is 0.478. The van der Waals surface area contributed by atoms with Crippen molar-refractivity contribution in [3.05, 3.63) is 66.0 Å². The van der Waals surface area contributed by atoms with Gasteiger partial charge >= 0.3 is 0 Å². The SMILES string of the molecule is O=C([C@H]1CC2(CCNCC2)CN1)N(CCc1ccccc1)Cc1cccnc1. The quantitative estimate of drug-likeness (QED) is 0.810. The second kappa shape index (κ2) is 8.84. The van der Waals surface area contributed by atoms with Crippen LogP contribution >= 0.6 is 0 Å². The Morgan fingerprint density at radius 1 is 1.11 bits per heavy atom. The number of nitrogens with zero attached hydrogens (tertiary/aromatic N) is 2. The first-order valence-electron chi connectivity index (χ1n) is 10.4. The largest absolute Gasteiger partial charge is 0.337 e. The van der Waals surface area contributed by atoms with Crippen molar-refractivity contribution in [2.75, 3.05) is 26.2 Å². The zero-order chi connectivity index (χ0) is 19.2. The van der Waals surface area contributed by atoms with E-state index in [9.17, 15) is 4.79 Å². The van der Waals surface area contributed by atoms with Crippen molar-refractivity contribution in [1.29, 1.82) is 0 Å². The van der Waals surface area contributed by atoms with Gasteiger partial charge in [0, 0.05) is 32.0 Å². The van der Waals surface area contributed by atoms with Crippen molar-refractivity contribution in [3.63, 3.8) is 0 Å². The summed E-state index contributed by atoms with van der Waals surface area (Å²) >= 11 is 0. The van der Waals surface area contributed by atoms with Crippen LogP contribution in [0.3, 0.4) is 0 Å². The van der Waals surface area contributed by atoms with E-state index in [4.69, 9.17) is 0 Å². The Hall–Kier alpha value is -2.24. The fourth-order valence-corrected chi connectivity index (χ4v) is 4.54. The van der Waals surface area contributed by atoms with Crippen molar-refractivity contribution >= 4 is 5.91 Å². The lowest BCUT2D eigenvalue weighted by molar-refractivity contribution is -0.133. The molecule has 148 valence electrons. The topological polar surface area (TPSA) is 57.3 Å². The first kappa shape index (κ1) is 19.1. The molecule has 0 radical (unpaired) electrons. The molecule has 0 bridgehead atoms. The van der Waals surface area contributed by atoms with Crippen molar-refractivity contribution < 1.29 is 4.79 Å². The Bertz CT molecular complexity index is 759. The number of aromatic nitrogens is 1. The van der Waals surface area contributed by atoms with Crippen LogP contribution in [0, 0.1) is 5.41 Å². The van der Waals surface area contributed by atoms with Gasteiger partial charge in [0.05, 0.1) is 6.04 Å². The predicted octanol–water partition coefficient (Wildman–Crippen LogP) is 2.38. The molecule has 0 aliphatic carbocycles. The Balaban J connectivity index is 1.45. The van der Waals surface area contributed by atoms with E-state index in [1.54, 1.807) is 6.20 Å². The average molecular weight is 379 g/mol. The molecule has 0 unspecified atom stereocenters. The number of piperidine rings is 1. The van der Waals surface area contributed by atoms with Crippen LogP contribution in [0.5, 0.6) is 0 Å². The molecule has 2 aromatic rings. The number of benzene rings is 1. The van der Waals surface area contributed by atoms with E-state index >= 15 is 0 Å². The highest BCUT2D eigenvalue weighted by Gasteiger charge is 2.43. The number of pyridine rings is 1. The van der Waals surface area contributed by atoms with Crippen LogP contribution in [0.1, 0.15) is 30.4 Å². The monoisotopic (exact) mass is 378 g/mol. The predicted molar refractivity (Wildman–Crippen MR) is 111 cm³/mol. The van der Waals surface area contributed by atoms with Crippen LogP contribution in [-0.4, -0.2) is 48.0 Å². The maximum Gasteiger partial charge on any atom is 0.240 e. The summed E-state index contributed by atoms with van der Waals surface area (Å²) in [6, 6.07) is 14.3. The van der Waals surface area contributed by atoms with Gasteiger partial charge < -0.3 is 15.5 Å². The smallest absolute Gasteiger partial charge is 0.240 e. The first-order valence-corrected chi connectivity index (χ1v) is 10.4. The van der Waals surface area contributed by atoms with Gasteiger partial charge in [-0.05, 0) is 61.4 Å². The summed E-state index contributed by atoms with van der Waals surface area (Å²) in [5, 5.41) is 6.99. The van der Waals surface area contributed by atoms with Crippen LogP contribution in [0.4, 0.5) is 0 Å². The lowest BCUT2D eigenvalue weighted by Gasteiger charge is -2.33. The summed E-state index contributed by atoms with van der Waals surface area (Å²) in [5.74, 6) is 0.232. The minimum atomic E-state index is -0.0643. The van der Waals surface area contributed by atoms with E-state index in [0.717, 1.165) is 57.4 Å². The molecule has 28 heavy (non-hydrogen) atoms. The van der Waals surface area contributed by atoms with Crippen molar-refractivity contribution in [2.45, 2.75) is 38.3 Å². The summed E-state index contributed by atoms with van der Waals surface area (Å²) in [4.78, 5) is 19.7. The first-order chi connectivity index (χ1) is 13.7. The van der Waals surface area contributed by atoms with Crippen LogP contribution in [0.25, 0.3) is 0 Å². The molecule has 1 aromatic heterocycles. The van der Waals surface area contributed by atoms with E-state index < -0.39 is 0 Å². The molecule has 2 aliphatic rings. The summed E-state index contributed by atoms with van der Waals surface area (Å²) in [6.07, 6.45) is 7.79. The molecular formula is C23H30N4O. The van der Waals surface area contributed by atoms with E-state index in [-0.39, 0.29) is 11.9 Å². The number of nitrogens with one attached hydrogen (secondary N) is 2. The summed E-state index contributed by atoms with van der Waals surface area (Å²) in [6.45, 7) is 4.44. The highest BCUT2D eigenvalue weighted by Crippen LogP contribution is 2.37. The highest BCUT2D eigenvalue weighted by atomic mass is 16.2. The number of rotatable bonds is 6. The number of hydrogen-bond donors (Lipinski definition) is 2. The minimum Gasteiger partial charge on any atom is -0.337 e. The van der Waals surface area contributed by atoms with Gasteiger partial charge in [-0.1, -0.05) is 36.4 Å². The van der Waals surface area contributed by atoms with Gasteiger partial charge in [0.2, 0.25) is 5.91 Å². The second-order valence-corrected chi connectivity index (χ2v) is 8.24. The maximum atomic E-state index is 13.4. The molecule has 2 fully saturated rings. The molecular weight excluding hydrogens is 348 g/mol. The molecule has 1 atom stereocenters. The fourth-order valence-electron chi connectivity index (χ4n) is 4.54. The van der Waals surface area contributed by atoms with Gasteiger partial charge in [-0.2, -0.15) is 0 Å². The van der Waals surface area contributed by atoms with Gasteiger partial charge in [-0.25, -0.2) is 0 Å². The van der Waals surface area contributed by atoms with Crippen LogP contribution in [-0.2, 0) is 17.8 Å². The van der Waals surface area contributed by atoms with Crippen molar-refractivity contribution in [1.82, 2.24) is 20.5 Å². The zero-order valence-corrected chi connectivity index (χ0v) is 16.4. The van der Waals surface area contributed by atoms with Crippen molar-refractivity contribution in [2.24, 2.45) is 5.41 Å². The van der Waals surface area contributed by atoms with Crippen LogP contribution in [0.2, 0.25) is 0 Å². The van der Waals surface area contributed by atoms with Gasteiger partial charge in [0.25, 0.3) is 0 Å². The van der Waals surface area contributed by atoms with Gasteiger partial charge in [0.15, 0.2) is 0 Å². The third kappa shape index (κ3) is 4.59. The van der Waals surface area contributed by atoms with E-state index in [2.05, 4.69) is 39.9 Å². The third-order valence-electron chi connectivity index (χ3n) is 6.24. The Morgan fingerprint density at radius 2 is 1.89 bits per heavy atom. The molecule has 2 saturated heterocycles. The molecule has 4 rings (SSSR count). The second-order valence-electron chi connectivity index (χ2n) is 8.24. The Kier molecular flexibility index (Phi) is 6.03. The Morgan fingerprint density at radius 3 is 2.64 bits per heavy atom. The maximum absolute atomic E-state index is 13.4. The molecule has 2 aliphatic heterocycles. The van der Waals surface area contributed by atoms with Crippen molar-refractivity contribution in [3.8, 4) is 0 Å². The van der Waals surface area contributed by atoms with Gasteiger partial charge in [-0.15, -0.1) is 0 Å². The van der Waals surface area contributed by atoms with E-state index in [1.165, 1.54) is 5.56 Å².